The zero-order valence-corrected chi connectivity index (χ0v) is 11.6. The van der Waals surface area contributed by atoms with Gasteiger partial charge in [-0.3, -0.25) is 9.89 Å². The Morgan fingerprint density at radius 1 is 1.44 bits per heavy atom. The first-order valence-corrected chi connectivity index (χ1v) is 6.33. The van der Waals surface area contributed by atoms with E-state index in [4.69, 9.17) is 0 Å². The van der Waals surface area contributed by atoms with Crippen molar-refractivity contribution in [1.82, 2.24) is 10.2 Å². The lowest BCUT2D eigenvalue weighted by Crippen LogP contribution is -2.27. The van der Waals surface area contributed by atoms with Gasteiger partial charge in [0.1, 0.15) is 0 Å². The summed E-state index contributed by atoms with van der Waals surface area (Å²) in [6, 6.07) is 1.86. The molecule has 4 nitrogen and oxygen atoms in total. The van der Waals surface area contributed by atoms with E-state index in [0.717, 1.165) is 5.69 Å². The van der Waals surface area contributed by atoms with Crippen LogP contribution in [-0.4, -0.2) is 20.9 Å². The second-order valence-corrected chi connectivity index (χ2v) is 5.48. The molecule has 1 heterocycles. The van der Waals surface area contributed by atoms with E-state index < -0.39 is 0 Å². The summed E-state index contributed by atoms with van der Waals surface area (Å²) in [5, 5.41) is 9.71. The van der Waals surface area contributed by atoms with Crippen LogP contribution in [0.15, 0.2) is 6.07 Å². The predicted molar refractivity (Wildman–Crippen MR) is 68.9 cm³/mol. The summed E-state index contributed by atoms with van der Waals surface area (Å²) in [6.45, 7) is 8.12. The number of alkyl halides is 1. The summed E-state index contributed by atoms with van der Waals surface area (Å²) in [4.78, 5) is 11.5. The minimum Gasteiger partial charge on any atom is -0.308 e. The SMILES string of the molecule is CC(C)c1cc(NC(=O)C(Br)C(C)C)n[nH]1. The maximum atomic E-state index is 11.7. The van der Waals surface area contributed by atoms with Crippen molar-refractivity contribution in [3.05, 3.63) is 11.8 Å². The molecule has 0 spiro atoms. The Morgan fingerprint density at radius 2 is 2.06 bits per heavy atom. The van der Waals surface area contributed by atoms with E-state index in [2.05, 4.69) is 45.3 Å². The molecule has 0 aliphatic rings. The number of aromatic nitrogens is 2. The molecule has 0 aromatic carbocycles. The zero-order valence-electron chi connectivity index (χ0n) is 10.0. The van der Waals surface area contributed by atoms with Gasteiger partial charge >= 0.3 is 0 Å². The fourth-order valence-electron chi connectivity index (χ4n) is 1.19. The zero-order chi connectivity index (χ0) is 12.3. The van der Waals surface area contributed by atoms with Gasteiger partial charge in [0.15, 0.2) is 5.82 Å². The van der Waals surface area contributed by atoms with Gasteiger partial charge in [-0.1, -0.05) is 43.6 Å². The van der Waals surface area contributed by atoms with Gasteiger partial charge in [0.2, 0.25) is 5.91 Å². The number of hydrogen-bond donors (Lipinski definition) is 2. The first kappa shape index (κ1) is 13.2. The molecule has 0 saturated heterocycles. The highest BCUT2D eigenvalue weighted by molar-refractivity contribution is 9.10. The van der Waals surface area contributed by atoms with E-state index in [1.807, 2.05) is 19.9 Å². The van der Waals surface area contributed by atoms with Crippen LogP contribution in [0.2, 0.25) is 0 Å². The number of anilines is 1. The highest BCUT2D eigenvalue weighted by Gasteiger charge is 2.19. The first-order chi connectivity index (χ1) is 7.41. The fraction of sp³-hybridized carbons (Fsp3) is 0.636. The third-order valence-electron chi connectivity index (χ3n) is 2.31. The van der Waals surface area contributed by atoms with Crippen LogP contribution in [0, 0.1) is 5.92 Å². The molecule has 90 valence electrons. The number of amides is 1. The summed E-state index contributed by atoms with van der Waals surface area (Å²) < 4.78 is 0. The molecule has 5 heteroatoms. The van der Waals surface area contributed by atoms with Gasteiger partial charge in [-0.15, -0.1) is 0 Å². The van der Waals surface area contributed by atoms with E-state index in [-0.39, 0.29) is 16.7 Å². The molecule has 1 unspecified atom stereocenters. The Labute approximate surface area is 104 Å². The van der Waals surface area contributed by atoms with E-state index in [1.54, 1.807) is 0 Å². The Morgan fingerprint density at radius 3 is 2.50 bits per heavy atom. The molecule has 0 aliphatic carbocycles. The lowest BCUT2D eigenvalue weighted by atomic mass is 10.1. The van der Waals surface area contributed by atoms with Crippen LogP contribution in [0.3, 0.4) is 0 Å². The fourth-order valence-corrected chi connectivity index (χ4v) is 1.31. The van der Waals surface area contributed by atoms with Crippen molar-refractivity contribution in [3.8, 4) is 0 Å². The Kier molecular flexibility index (Phi) is 4.53. The lowest BCUT2D eigenvalue weighted by Gasteiger charge is -2.11. The van der Waals surface area contributed by atoms with E-state index in [0.29, 0.717) is 11.7 Å². The standard InChI is InChI=1S/C11H18BrN3O/c1-6(2)8-5-9(15-14-8)13-11(16)10(12)7(3)4/h5-7,10H,1-4H3,(H2,13,14,15,16). The molecule has 16 heavy (non-hydrogen) atoms. The lowest BCUT2D eigenvalue weighted by molar-refractivity contribution is -0.116. The number of aromatic amines is 1. The normalized spacial score (nSPS) is 13.2. The predicted octanol–water partition coefficient (Wildman–Crippen LogP) is 2.89. The number of nitrogens with zero attached hydrogens (tertiary/aromatic N) is 1. The molecule has 0 radical (unpaired) electrons. The molecular formula is C11H18BrN3O. The molecule has 0 bridgehead atoms. The van der Waals surface area contributed by atoms with Crippen molar-refractivity contribution in [2.24, 2.45) is 5.92 Å². The van der Waals surface area contributed by atoms with Crippen LogP contribution in [0.5, 0.6) is 0 Å². The molecule has 0 aliphatic heterocycles. The second-order valence-electron chi connectivity index (χ2n) is 4.50. The summed E-state index contributed by atoms with van der Waals surface area (Å²) in [5.74, 6) is 1.15. The highest BCUT2D eigenvalue weighted by atomic mass is 79.9. The molecule has 2 N–H and O–H groups in total. The van der Waals surface area contributed by atoms with Gasteiger partial charge in [-0.25, -0.2) is 0 Å². The summed E-state index contributed by atoms with van der Waals surface area (Å²) in [7, 11) is 0. The third kappa shape index (κ3) is 3.33. The number of carbonyl (C=O) groups is 1. The van der Waals surface area contributed by atoms with Gasteiger partial charge in [0, 0.05) is 11.8 Å². The molecule has 1 aromatic heterocycles. The van der Waals surface area contributed by atoms with Crippen molar-refractivity contribution < 1.29 is 4.79 Å². The summed E-state index contributed by atoms with van der Waals surface area (Å²) in [6.07, 6.45) is 0. The van der Waals surface area contributed by atoms with Crippen molar-refractivity contribution in [1.29, 1.82) is 0 Å². The quantitative estimate of drug-likeness (QED) is 0.837. The van der Waals surface area contributed by atoms with Crippen LogP contribution >= 0.6 is 15.9 Å². The number of carbonyl (C=O) groups excluding carboxylic acids is 1. The average Bonchev–Trinajstić information content (AvgIpc) is 2.64. The van der Waals surface area contributed by atoms with Crippen LogP contribution in [-0.2, 0) is 4.79 Å². The second kappa shape index (κ2) is 5.48. The Hall–Kier alpha value is -0.840. The third-order valence-corrected chi connectivity index (χ3v) is 3.78. The van der Waals surface area contributed by atoms with E-state index in [9.17, 15) is 4.79 Å². The molecule has 1 atom stereocenters. The van der Waals surface area contributed by atoms with Crippen molar-refractivity contribution in [2.45, 2.75) is 38.4 Å². The average molecular weight is 288 g/mol. The number of nitrogens with one attached hydrogen (secondary N) is 2. The number of halogens is 1. The van der Waals surface area contributed by atoms with Gasteiger partial charge in [0.25, 0.3) is 0 Å². The van der Waals surface area contributed by atoms with Crippen molar-refractivity contribution in [3.63, 3.8) is 0 Å². The van der Waals surface area contributed by atoms with Crippen molar-refractivity contribution >= 4 is 27.7 Å². The van der Waals surface area contributed by atoms with Gasteiger partial charge in [-0.05, 0) is 11.8 Å². The first-order valence-electron chi connectivity index (χ1n) is 5.42. The number of H-pyrrole nitrogens is 1. The highest BCUT2D eigenvalue weighted by Crippen LogP contribution is 2.17. The molecule has 0 saturated carbocycles. The van der Waals surface area contributed by atoms with E-state index in [1.165, 1.54) is 0 Å². The van der Waals surface area contributed by atoms with Gasteiger partial charge in [0.05, 0.1) is 4.83 Å². The smallest absolute Gasteiger partial charge is 0.239 e. The maximum Gasteiger partial charge on any atom is 0.239 e. The monoisotopic (exact) mass is 287 g/mol. The van der Waals surface area contributed by atoms with Crippen LogP contribution in [0.4, 0.5) is 5.82 Å². The van der Waals surface area contributed by atoms with Crippen LogP contribution in [0.1, 0.15) is 39.3 Å². The summed E-state index contributed by atoms with van der Waals surface area (Å²) >= 11 is 3.35. The molecule has 1 aromatic rings. The number of rotatable bonds is 4. The molecule has 1 amide bonds. The van der Waals surface area contributed by atoms with Crippen LogP contribution < -0.4 is 5.32 Å². The number of hydrogen-bond acceptors (Lipinski definition) is 2. The maximum absolute atomic E-state index is 11.7. The molecular weight excluding hydrogens is 270 g/mol. The van der Waals surface area contributed by atoms with Gasteiger partial charge in [-0.2, -0.15) is 5.10 Å². The minimum absolute atomic E-state index is 0.0585. The largest absolute Gasteiger partial charge is 0.308 e. The summed E-state index contributed by atoms with van der Waals surface area (Å²) in [5.41, 5.74) is 1.02. The van der Waals surface area contributed by atoms with Crippen molar-refractivity contribution in [2.75, 3.05) is 5.32 Å². The van der Waals surface area contributed by atoms with Crippen LogP contribution in [0.25, 0.3) is 0 Å². The Balaban J connectivity index is 2.63. The topological polar surface area (TPSA) is 57.8 Å². The molecule has 1 rings (SSSR count). The van der Waals surface area contributed by atoms with Gasteiger partial charge < -0.3 is 5.32 Å². The minimum atomic E-state index is -0.188. The Bertz CT molecular complexity index is 360. The van der Waals surface area contributed by atoms with E-state index >= 15 is 0 Å². The molecule has 0 fully saturated rings.